The lowest BCUT2D eigenvalue weighted by molar-refractivity contribution is -0.384. The number of non-ortho nitro benzene ring substituents is 1. The monoisotopic (exact) mass is 360 g/mol. The van der Waals surface area contributed by atoms with Crippen molar-refractivity contribution < 1.29 is 18.1 Å². The molecule has 0 aliphatic carbocycles. The van der Waals surface area contributed by atoms with Crippen LogP contribution in [0.15, 0.2) is 54.6 Å². The standard InChI is InChI=1S/C17H16N2O5S/c20-17(13-6-8-15(9-7-13)19(21)22)18(14-4-2-1-3-5-14)16-10-11-25(23,24)12-16/h1-9,16H,10-12H2. The largest absolute Gasteiger partial charge is 0.304 e. The first-order chi connectivity index (χ1) is 11.9. The zero-order valence-electron chi connectivity index (χ0n) is 13.2. The van der Waals surface area contributed by atoms with E-state index in [4.69, 9.17) is 0 Å². The molecule has 1 unspecified atom stereocenters. The molecule has 0 spiro atoms. The van der Waals surface area contributed by atoms with Crippen LogP contribution in [0.1, 0.15) is 16.8 Å². The predicted molar refractivity (Wildman–Crippen MR) is 93.4 cm³/mol. The van der Waals surface area contributed by atoms with Crippen LogP contribution in [0.25, 0.3) is 0 Å². The Morgan fingerprint density at radius 3 is 2.24 bits per heavy atom. The van der Waals surface area contributed by atoms with Gasteiger partial charge in [0.2, 0.25) is 0 Å². The van der Waals surface area contributed by atoms with Gasteiger partial charge in [-0.05, 0) is 30.7 Å². The van der Waals surface area contributed by atoms with E-state index in [0.717, 1.165) is 0 Å². The zero-order chi connectivity index (χ0) is 18.0. The van der Waals surface area contributed by atoms with Crippen molar-refractivity contribution in [3.63, 3.8) is 0 Å². The smallest absolute Gasteiger partial charge is 0.269 e. The summed E-state index contributed by atoms with van der Waals surface area (Å²) >= 11 is 0. The van der Waals surface area contributed by atoms with Crippen molar-refractivity contribution in [1.29, 1.82) is 0 Å². The number of anilines is 1. The lowest BCUT2D eigenvalue weighted by Crippen LogP contribution is -2.41. The van der Waals surface area contributed by atoms with Gasteiger partial charge in [-0.2, -0.15) is 0 Å². The molecule has 1 amide bonds. The van der Waals surface area contributed by atoms with Crippen LogP contribution in [0.4, 0.5) is 11.4 Å². The van der Waals surface area contributed by atoms with Gasteiger partial charge in [0, 0.05) is 23.4 Å². The Labute approximate surface area is 145 Å². The number of hydrogen-bond donors (Lipinski definition) is 0. The number of carbonyl (C=O) groups is 1. The summed E-state index contributed by atoms with van der Waals surface area (Å²) in [6.45, 7) is 0. The van der Waals surface area contributed by atoms with E-state index < -0.39 is 20.8 Å². The van der Waals surface area contributed by atoms with E-state index in [1.54, 1.807) is 24.3 Å². The summed E-state index contributed by atoms with van der Waals surface area (Å²) in [5, 5.41) is 10.8. The van der Waals surface area contributed by atoms with E-state index >= 15 is 0 Å². The van der Waals surface area contributed by atoms with E-state index in [1.165, 1.54) is 29.2 Å². The molecule has 2 aromatic rings. The first-order valence-corrected chi connectivity index (χ1v) is 9.53. The maximum absolute atomic E-state index is 13.0. The summed E-state index contributed by atoms with van der Waals surface area (Å²) in [5.41, 5.74) is 0.776. The first kappa shape index (κ1) is 17.1. The van der Waals surface area contributed by atoms with E-state index in [1.807, 2.05) is 6.07 Å². The van der Waals surface area contributed by atoms with Gasteiger partial charge >= 0.3 is 0 Å². The van der Waals surface area contributed by atoms with E-state index in [0.29, 0.717) is 12.1 Å². The lowest BCUT2D eigenvalue weighted by atomic mass is 10.1. The maximum Gasteiger partial charge on any atom is 0.269 e. The maximum atomic E-state index is 13.0. The molecule has 3 rings (SSSR count). The van der Waals surface area contributed by atoms with Crippen molar-refractivity contribution in [2.45, 2.75) is 12.5 Å². The molecular formula is C17H16N2O5S. The van der Waals surface area contributed by atoms with Crippen LogP contribution >= 0.6 is 0 Å². The molecule has 2 aromatic carbocycles. The third-order valence-corrected chi connectivity index (χ3v) is 5.90. The Balaban J connectivity index is 1.96. The molecule has 0 saturated carbocycles. The van der Waals surface area contributed by atoms with Gasteiger partial charge < -0.3 is 4.90 Å². The summed E-state index contributed by atoms with van der Waals surface area (Å²) < 4.78 is 23.7. The number of nitro groups is 1. The van der Waals surface area contributed by atoms with Gasteiger partial charge in [-0.1, -0.05) is 18.2 Å². The zero-order valence-corrected chi connectivity index (χ0v) is 14.1. The van der Waals surface area contributed by atoms with E-state index in [2.05, 4.69) is 0 Å². The fraction of sp³-hybridized carbons (Fsp3) is 0.235. The fourth-order valence-electron chi connectivity index (χ4n) is 2.93. The van der Waals surface area contributed by atoms with Crippen LogP contribution in [0.2, 0.25) is 0 Å². The number of nitro benzene ring substituents is 1. The molecule has 8 heteroatoms. The Kier molecular flexibility index (Phi) is 4.54. The SMILES string of the molecule is O=C(c1ccc([N+](=O)[O-])cc1)N(c1ccccc1)C1CCS(=O)(=O)C1. The van der Waals surface area contributed by atoms with Gasteiger partial charge in [-0.15, -0.1) is 0 Å². The second-order valence-electron chi connectivity index (χ2n) is 5.87. The minimum atomic E-state index is -3.17. The minimum Gasteiger partial charge on any atom is -0.304 e. The summed E-state index contributed by atoms with van der Waals surface area (Å²) in [6.07, 6.45) is 0.371. The van der Waals surface area contributed by atoms with E-state index in [-0.39, 0.29) is 28.7 Å². The third kappa shape index (κ3) is 3.69. The van der Waals surface area contributed by atoms with Gasteiger partial charge in [-0.25, -0.2) is 8.42 Å². The number of sulfone groups is 1. The van der Waals surface area contributed by atoms with Crippen LogP contribution in [-0.4, -0.2) is 36.8 Å². The normalized spacial score (nSPS) is 18.6. The molecule has 130 valence electrons. The fourth-order valence-corrected chi connectivity index (χ4v) is 4.63. The number of benzene rings is 2. The average Bonchev–Trinajstić information content (AvgIpc) is 2.95. The molecule has 1 atom stereocenters. The molecule has 0 aromatic heterocycles. The number of para-hydroxylation sites is 1. The van der Waals surface area contributed by atoms with Crippen molar-refractivity contribution in [2.75, 3.05) is 16.4 Å². The summed E-state index contributed by atoms with van der Waals surface area (Å²) in [6, 6.07) is 13.7. The molecule has 1 aliphatic rings. The first-order valence-electron chi connectivity index (χ1n) is 7.71. The van der Waals surface area contributed by atoms with Gasteiger partial charge in [0.1, 0.15) is 0 Å². The molecule has 1 heterocycles. The van der Waals surface area contributed by atoms with Crippen LogP contribution in [-0.2, 0) is 9.84 Å². The molecule has 0 radical (unpaired) electrons. The van der Waals surface area contributed by atoms with Crippen LogP contribution in [0, 0.1) is 10.1 Å². The Morgan fingerprint density at radius 2 is 1.72 bits per heavy atom. The molecular weight excluding hydrogens is 344 g/mol. The summed E-state index contributed by atoms with van der Waals surface area (Å²) in [5.74, 6) is -0.405. The number of nitrogens with zero attached hydrogens (tertiary/aromatic N) is 2. The summed E-state index contributed by atoms with van der Waals surface area (Å²) in [7, 11) is -3.17. The second-order valence-corrected chi connectivity index (χ2v) is 8.10. The third-order valence-electron chi connectivity index (χ3n) is 4.15. The van der Waals surface area contributed by atoms with Gasteiger partial charge in [0.15, 0.2) is 9.84 Å². The molecule has 0 N–H and O–H groups in total. The van der Waals surface area contributed by atoms with Crippen LogP contribution < -0.4 is 4.90 Å². The number of hydrogen-bond acceptors (Lipinski definition) is 5. The van der Waals surface area contributed by atoms with Gasteiger partial charge in [-0.3, -0.25) is 14.9 Å². The number of amides is 1. The highest BCUT2D eigenvalue weighted by molar-refractivity contribution is 7.91. The highest BCUT2D eigenvalue weighted by Gasteiger charge is 2.36. The molecule has 7 nitrogen and oxygen atoms in total. The topological polar surface area (TPSA) is 97.6 Å². The van der Waals surface area contributed by atoms with Gasteiger partial charge in [0.05, 0.1) is 22.5 Å². The molecule has 1 saturated heterocycles. The van der Waals surface area contributed by atoms with Crippen molar-refractivity contribution in [3.8, 4) is 0 Å². The van der Waals surface area contributed by atoms with Crippen molar-refractivity contribution in [2.24, 2.45) is 0 Å². The van der Waals surface area contributed by atoms with Crippen molar-refractivity contribution in [3.05, 3.63) is 70.3 Å². The quantitative estimate of drug-likeness (QED) is 0.616. The highest BCUT2D eigenvalue weighted by Crippen LogP contribution is 2.26. The Morgan fingerprint density at radius 1 is 1.08 bits per heavy atom. The van der Waals surface area contributed by atoms with Crippen molar-refractivity contribution >= 4 is 27.1 Å². The second kappa shape index (κ2) is 6.64. The van der Waals surface area contributed by atoms with Crippen LogP contribution in [0.3, 0.4) is 0 Å². The molecule has 0 bridgehead atoms. The average molecular weight is 360 g/mol. The Hall–Kier alpha value is -2.74. The number of rotatable bonds is 4. The molecule has 25 heavy (non-hydrogen) atoms. The van der Waals surface area contributed by atoms with Gasteiger partial charge in [0.25, 0.3) is 11.6 Å². The predicted octanol–water partition coefficient (Wildman–Crippen LogP) is 2.43. The summed E-state index contributed by atoms with van der Waals surface area (Å²) in [4.78, 5) is 24.7. The highest BCUT2D eigenvalue weighted by atomic mass is 32.2. The van der Waals surface area contributed by atoms with Crippen LogP contribution in [0.5, 0.6) is 0 Å². The lowest BCUT2D eigenvalue weighted by Gasteiger charge is -2.28. The van der Waals surface area contributed by atoms with E-state index in [9.17, 15) is 23.3 Å². The van der Waals surface area contributed by atoms with Crippen molar-refractivity contribution in [1.82, 2.24) is 0 Å². The number of carbonyl (C=O) groups excluding carboxylic acids is 1. The minimum absolute atomic E-state index is 0.0501. The molecule has 1 fully saturated rings. The molecule has 1 aliphatic heterocycles. The Bertz CT molecular complexity index is 894.